The Morgan fingerprint density at radius 3 is 2.22 bits per heavy atom. The van der Waals surface area contributed by atoms with E-state index in [0.29, 0.717) is 50.4 Å². The summed E-state index contributed by atoms with van der Waals surface area (Å²) in [4.78, 5) is 71.1. The van der Waals surface area contributed by atoms with Crippen LogP contribution in [0.3, 0.4) is 0 Å². The van der Waals surface area contributed by atoms with Crippen molar-refractivity contribution < 1.29 is 46.3 Å². The van der Waals surface area contributed by atoms with Gasteiger partial charge in [-0.1, -0.05) is 0 Å². The predicted molar refractivity (Wildman–Crippen MR) is 221 cm³/mol. The number of nitrogens with one attached hydrogen (secondary N) is 4. The summed E-state index contributed by atoms with van der Waals surface area (Å²) in [6.07, 6.45) is 5.06. The van der Waals surface area contributed by atoms with Gasteiger partial charge in [0.25, 0.3) is 17.7 Å². The summed E-state index contributed by atoms with van der Waals surface area (Å²) >= 11 is 0. The molecule has 15 nitrogen and oxygen atoms in total. The summed E-state index contributed by atoms with van der Waals surface area (Å²) in [5.74, 6) is -1.88. The van der Waals surface area contributed by atoms with Crippen molar-refractivity contribution in [3.8, 4) is 11.8 Å². The number of allylic oxidation sites excluding steroid dienone is 2. The van der Waals surface area contributed by atoms with E-state index in [-0.39, 0.29) is 58.9 Å². The average molecular weight is 888 g/mol. The van der Waals surface area contributed by atoms with Gasteiger partial charge in [-0.15, -0.1) is 0 Å². The highest BCUT2D eigenvalue weighted by Crippen LogP contribution is 2.45. The quantitative estimate of drug-likeness (QED) is 0.210. The molecule has 0 aromatic heterocycles. The number of ether oxygens (including phenoxy) is 1. The second kappa shape index (κ2) is 17.1. The maximum absolute atomic E-state index is 15.5. The Labute approximate surface area is 366 Å². The van der Waals surface area contributed by atoms with E-state index in [9.17, 15) is 37.1 Å². The van der Waals surface area contributed by atoms with E-state index in [1.54, 1.807) is 12.1 Å². The first kappa shape index (κ1) is 43.1. The van der Waals surface area contributed by atoms with Crippen molar-refractivity contribution in [2.24, 2.45) is 11.3 Å². The third kappa shape index (κ3) is 8.59. The van der Waals surface area contributed by atoms with Gasteiger partial charge in [0, 0.05) is 50.6 Å². The average Bonchev–Trinajstić information content (AvgIpc) is 3.50. The van der Waals surface area contributed by atoms with Crippen molar-refractivity contribution in [3.63, 3.8) is 0 Å². The Balaban J connectivity index is 0.688. The maximum Gasteiger partial charge on any atom is 0.417 e. The molecular formula is C45H49F4N9O6. The van der Waals surface area contributed by atoms with E-state index in [1.165, 1.54) is 12.1 Å². The van der Waals surface area contributed by atoms with Crippen molar-refractivity contribution in [2.75, 3.05) is 50.7 Å². The number of piperidine rings is 3. The van der Waals surface area contributed by atoms with E-state index in [4.69, 9.17) is 10.00 Å². The van der Waals surface area contributed by atoms with Gasteiger partial charge in [0.1, 0.15) is 29.1 Å². The number of rotatable bonds is 9. The molecule has 2 aromatic carbocycles. The van der Waals surface area contributed by atoms with Crippen LogP contribution in [0.1, 0.15) is 96.1 Å². The molecular weight excluding hydrogens is 839 g/mol. The molecule has 4 N–H and O–H groups in total. The van der Waals surface area contributed by atoms with Crippen LogP contribution in [-0.2, 0) is 20.6 Å². The molecule has 1 aliphatic carbocycles. The summed E-state index contributed by atoms with van der Waals surface area (Å²) < 4.78 is 61.4. The Morgan fingerprint density at radius 2 is 1.58 bits per heavy atom. The molecule has 4 saturated heterocycles. The highest BCUT2D eigenvalue weighted by Gasteiger charge is 2.49. The summed E-state index contributed by atoms with van der Waals surface area (Å²) in [6.45, 7) is 5.93. The fraction of sp³-hybridized carbons (Fsp3) is 0.511. The monoisotopic (exact) mass is 887 g/mol. The summed E-state index contributed by atoms with van der Waals surface area (Å²) in [6, 6.07) is 6.26. The summed E-state index contributed by atoms with van der Waals surface area (Å²) in [7, 11) is 0. The van der Waals surface area contributed by atoms with Crippen LogP contribution < -0.4 is 31.1 Å². The largest absolute Gasteiger partial charge is 0.490 e. The van der Waals surface area contributed by atoms with Gasteiger partial charge < -0.3 is 24.8 Å². The fourth-order valence-electron chi connectivity index (χ4n) is 10.3. The second-order valence-electron chi connectivity index (χ2n) is 18.1. The zero-order valence-electron chi connectivity index (χ0n) is 35.1. The molecule has 5 amide bonds. The molecule has 0 bridgehead atoms. The lowest BCUT2D eigenvalue weighted by atomic mass is 9.71. The van der Waals surface area contributed by atoms with Gasteiger partial charge in [0.2, 0.25) is 11.8 Å². The van der Waals surface area contributed by atoms with Crippen molar-refractivity contribution in [1.29, 1.82) is 5.26 Å². The van der Waals surface area contributed by atoms with Crippen LogP contribution in [0.15, 0.2) is 54.0 Å². The molecule has 1 unspecified atom stereocenters. The SMILES string of the molecule is N#Cc1ccc(OC2CCC(NC(=O)C3=CC=C(N4CCC(CN5CCC6(CC5)CN(c5cc7c(cc5F)C(=O)N(C5CCC(=O)NC5=O)C7=O)C6)CC4)NN3)CC2)cc1C(F)(F)F. The van der Waals surface area contributed by atoms with E-state index in [1.807, 2.05) is 11.0 Å². The van der Waals surface area contributed by atoms with Crippen molar-refractivity contribution >= 4 is 35.2 Å². The third-order valence-electron chi connectivity index (χ3n) is 14.0. The molecule has 64 heavy (non-hydrogen) atoms. The van der Waals surface area contributed by atoms with Gasteiger partial charge in [0.05, 0.1) is 40.1 Å². The topological polar surface area (TPSA) is 179 Å². The number of amides is 5. The number of nitrogens with zero attached hydrogens (tertiary/aromatic N) is 5. The number of carbonyl (C=O) groups excluding carboxylic acids is 5. The molecule has 19 heteroatoms. The Hall–Kier alpha value is -6.16. The van der Waals surface area contributed by atoms with E-state index >= 15 is 4.39 Å². The number of carbonyl (C=O) groups is 5. The van der Waals surface area contributed by atoms with Crippen LogP contribution in [0, 0.1) is 28.5 Å². The number of halogens is 4. The smallest absolute Gasteiger partial charge is 0.417 e. The maximum atomic E-state index is 15.5. The minimum Gasteiger partial charge on any atom is -0.490 e. The lowest BCUT2D eigenvalue weighted by Gasteiger charge is -2.55. The molecule has 6 aliphatic heterocycles. The van der Waals surface area contributed by atoms with Gasteiger partial charge in [-0.3, -0.25) is 45.0 Å². The van der Waals surface area contributed by atoms with E-state index in [0.717, 1.165) is 87.3 Å². The van der Waals surface area contributed by atoms with Gasteiger partial charge in [-0.2, -0.15) is 18.4 Å². The normalized spacial score (nSPS) is 25.0. The molecule has 1 atom stereocenters. The number of alkyl halides is 3. The predicted octanol–water partition coefficient (Wildman–Crippen LogP) is 4.07. The van der Waals surface area contributed by atoms with E-state index < -0.39 is 52.8 Å². The molecule has 2 aromatic rings. The number of benzene rings is 2. The van der Waals surface area contributed by atoms with Crippen molar-refractivity contribution in [3.05, 3.63) is 82.1 Å². The zero-order valence-corrected chi connectivity index (χ0v) is 35.1. The number of nitriles is 1. The number of fused-ring (bicyclic) bond motifs is 1. The molecule has 9 rings (SSSR count). The molecule has 5 fully saturated rings. The van der Waals surface area contributed by atoms with Gasteiger partial charge >= 0.3 is 6.18 Å². The lowest BCUT2D eigenvalue weighted by molar-refractivity contribution is -0.138. The molecule has 1 saturated carbocycles. The highest BCUT2D eigenvalue weighted by atomic mass is 19.4. The van der Waals surface area contributed by atoms with Crippen molar-refractivity contribution in [1.82, 2.24) is 36.2 Å². The molecule has 7 aliphatic rings. The van der Waals surface area contributed by atoms with Crippen LogP contribution in [0.5, 0.6) is 5.75 Å². The molecule has 6 heterocycles. The molecule has 1 spiro atoms. The summed E-state index contributed by atoms with van der Waals surface area (Å²) in [5, 5.41) is 14.3. The van der Waals surface area contributed by atoms with Gasteiger partial charge in [0.15, 0.2) is 0 Å². The first-order chi connectivity index (χ1) is 30.7. The molecule has 0 radical (unpaired) electrons. The number of hydrazine groups is 1. The molecule has 338 valence electrons. The third-order valence-corrected chi connectivity index (χ3v) is 14.0. The Kier molecular flexibility index (Phi) is 11.5. The minimum atomic E-state index is -4.66. The fourth-order valence-corrected chi connectivity index (χ4v) is 10.3. The number of hydrogen-bond donors (Lipinski definition) is 4. The van der Waals surface area contributed by atoms with Crippen molar-refractivity contribution in [2.45, 2.75) is 88.6 Å². The number of imide groups is 2. The number of anilines is 1. The van der Waals surface area contributed by atoms with Crippen LogP contribution in [-0.4, -0.2) is 108 Å². The second-order valence-corrected chi connectivity index (χ2v) is 18.1. The van der Waals surface area contributed by atoms with Crippen LogP contribution in [0.25, 0.3) is 0 Å². The van der Waals surface area contributed by atoms with Gasteiger partial charge in [-0.25, -0.2) is 4.39 Å². The standard InChI is InChI=1S/C45H49F4N9O6/c46-34-20-31-32(43(63)58(42(31)62)36-8-10-39(59)52-41(36)61)21-37(34)57-24-44(25-57)13-17-55(18-14-44)23-26-11-15-56(16-12-26)38-9-7-35(53-54-38)40(60)51-28-2-5-29(6-3-28)64-30-4-1-27(22-50)33(19-30)45(47,48)49/h1,4,7,9,19-21,26,28-29,36,53-54H,2-3,5-6,8,10-18,23-25H2,(H,51,60)(H,52,59,61). The highest BCUT2D eigenvalue weighted by molar-refractivity contribution is 6.23. The van der Waals surface area contributed by atoms with Gasteiger partial charge in [-0.05, 0) is 119 Å². The minimum absolute atomic E-state index is 0.00996. The Morgan fingerprint density at radius 1 is 0.875 bits per heavy atom. The number of likely N-dealkylation sites (tertiary alicyclic amines) is 2. The zero-order chi connectivity index (χ0) is 44.9. The lowest BCUT2D eigenvalue weighted by Crippen LogP contribution is -2.61. The van der Waals surface area contributed by atoms with E-state index in [2.05, 4.69) is 31.3 Å². The van der Waals surface area contributed by atoms with Crippen LogP contribution in [0.2, 0.25) is 0 Å². The number of hydrogen-bond acceptors (Lipinski definition) is 12. The van der Waals surface area contributed by atoms with Crippen LogP contribution >= 0.6 is 0 Å². The first-order valence-corrected chi connectivity index (χ1v) is 22.0. The first-order valence-electron chi connectivity index (χ1n) is 22.0. The Bertz CT molecular complexity index is 2350. The van der Waals surface area contributed by atoms with Crippen LogP contribution in [0.4, 0.5) is 23.2 Å². The summed E-state index contributed by atoms with van der Waals surface area (Å²) in [5.41, 5.74) is 5.46.